The summed E-state index contributed by atoms with van der Waals surface area (Å²) in [7, 11) is 0. The highest BCUT2D eigenvalue weighted by Gasteiger charge is 2.32. The number of ether oxygens (including phenoxy) is 3. The van der Waals surface area contributed by atoms with E-state index in [-0.39, 0.29) is 12.3 Å². The summed E-state index contributed by atoms with van der Waals surface area (Å²) in [5, 5.41) is 0. The molecule has 0 bridgehead atoms. The lowest BCUT2D eigenvalue weighted by Crippen LogP contribution is -2.19. The van der Waals surface area contributed by atoms with Crippen molar-refractivity contribution in [2.75, 3.05) is 19.8 Å². The topological polar surface area (TPSA) is 49.1 Å². The van der Waals surface area contributed by atoms with Gasteiger partial charge in [-0.05, 0) is 68.4 Å². The minimum atomic E-state index is -0.567. The van der Waals surface area contributed by atoms with Gasteiger partial charge in [0, 0.05) is 0 Å². The molecule has 3 aliphatic rings. The minimum absolute atomic E-state index is 0.0393. The lowest BCUT2D eigenvalue weighted by molar-refractivity contribution is -0.138. The number of hydrogen-bond donors (Lipinski definition) is 0. The Morgan fingerprint density at radius 1 is 0.886 bits per heavy atom. The number of esters is 1. The normalized spacial score (nSPS) is 25.9. The first-order valence-corrected chi connectivity index (χ1v) is 14.7. The molecule has 5 nitrogen and oxygen atoms in total. The van der Waals surface area contributed by atoms with Crippen molar-refractivity contribution in [3.05, 3.63) is 33.5 Å². The third kappa shape index (κ3) is 6.71. The van der Waals surface area contributed by atoms with Crippen molar-refractivity contribution in [1.29, 1.82) is 0 Å². The fraction of sp³-hybridized carbons (Fsp3) is 0.643. The molecule has 0 aromatic heterocycles. The molecule has 1 aliphatic heterocycles. The van der Waals surface area contributed by atoms with E-state index in [4.69, 9.17) is 20.8 Å². The predicted octanol–water partition coefficient (Wildman–Crippen LogP) is 7.95. The average molecular weight is 516 g/mol. The molecule has 190 valence electrons. The van der Waals surface area contributed by atoms with Crippen LogP contribution in [0, 0.1) is 30.2 Å². The quantitative estimate of drug-likeness (QED) is 0.199. The Hall–Kier alpha value is -1.78. The molecule has 0 atom stereocenters. The van der Waals surface area contributed by atoms with Gasteiger partial charge in [-0.1, -0.05) is 63.1 Å². The third-order valence-corrected chi connectivity index (χ3v) is 10.0. The van der Waals surface area contributed by atoms with Crippen molar-refractivity contribution >= 4 is 29.5 Å². The van der Waals surface area contributed by atoms with Crippen molar-refractivity contribution in [1.82, 2.24) is 0 Å². The van der Waals surface area contributed by atoms with Crippen LogP contribution >= 0.6 is 23.5 Å². The summed E-state index contributed by atoms with van der Waals surface area (Å²) in [6.07, 6.45) is 9.92. The van der Waals surface area contributed by atoms with Gasteiger partial charge in [0.05, 0.1) is 40.4 Å². The van der Waals surface area contributed by atoms with Crippen molar-refractivity contribution in [2.45, 2.75) is 81.9 Å². The Bertz CT molecular complexity index is 913. The van der Waals surface area contributed by atoms with E-state index >= 15 is 0 Å². The maximum Gasteiger partial charge on any atom is 0.338 e. The zero-order valence-corrected chi connectivity index (χ0v) is 22.8. The molecule has 1 aromatic carbocycles. The van der Waals surface area contributed by atoms with Gasteiger partial charge in [-0.25, -0.2) is 4.85 Å². The van der Waals surface area contributed by atoms with Crippen LogP contribution in [0.1, 0.15) is 72.1 Å². The van der Waals surface area contributed by atoms with Gasteiger partial charge in [-0.15, -0.1) is 0 Å². The molecule has 2 aliphatic carbocycles. The van der Waals surface area contributed by atoms with E-state index in [2.05, 4.69) is 18.7 Å². The van der Waals surface area contributed by atoms with Gasteiger partial charge in [0.15, 0.2) is 0 Å². The number of hydrogen-bond acceptors (Lipinski definition) is 6. The van der Waals surface area contributed by atoms with Crippen molar-refractivity contribution in [2.24, 2.45) is 23.7 Å². The highest BCUT2D eigenvalue weighted by atomic mass is 32.2. The molecular weight excluding hydrogens is 478 g/mol. The van der Waals surface area contributed by atoms with Crippen molar-refractivity contribution in [3.63, 3.8) is 0 Å². The lowest BCUT2D eigenvalue weighted by Gasteiger charge is -2.27. The molecule has 2 saturated carbocycles. The molecule has 0 N–H and O–H groups in total. The highest BCUT2D eigenvalue weighted by molar-refractivity contribution is 8.24. The van der Waals surface area contributed by atoms with Gasteiger partial charge >= 0.3 is 5.97 Å². The summed E-state index contributed by atoms with van der Waals surface area (Å²) in [5.41, 5.74) is 0.0393. The average Bonchev–Trinajstić information content (AvgIpc) is 3.30. The largest absolute Gasteiger partial charge is 0.492 e. The van der Waals surface area contributed by atoms with Crippen LogP contribution in [-0.4, -0.2) is 25.8 Å². The number of benzene rings is 1. The third-order valence-electron chi connectivity index (χ3n) is 7.42. The van der Waals surface area contributed by atoms with E-state index < -0.39 is 5.97 Å². The van der Waals surface area contributed by atoms with Gasteiger partial charge < -0.3 is 14.2 Å². The van der Waals surface area contributed by atoms with E-state index in [9.17, 15) is 4.79 Å². The summed E-state index contributed by atoms with van der Waals surface area (Å²) in [4.78, 5) is 17.8. The number of carbonyl (C=O) groups excluding carboxylic acids is 1. The zero-order chi connectivity index (χ0) is 24.8. The standard InChI is InChI=1S/C28H37NO4S2/c1-5-31-27(30)24(29-4)28-34-25-22(32-16-20-10-6-18(2)7-11-20)14-15-23(26(25)35-28)33-17-21-12-8-19(3)9-13-21/h14-15,18-21H,5-13,16-17H2,1-3H3. The number of thioether (sulfide) groups is 2. The van der Waals surface area contributed by atoms with Crippen LogP contribution in [0.25, 0.3) is 4.85 Å². The zero-order valence-electron chi connectivity index (χ0n) is 21.1. The maximum atomic E-state index is 12.4. The van der Waals surface area contributed by atoms with E-state index in [1.807, 2.05) is 12.1 Å². The summed E-state index contributed by atoms with van der Waals surface area (Å²) >= 11 is 2.87. The van der Waals surface area contributed by atoms with Crippen molar-refractivity contribution in [3.8, 4) is 11.5 Å². The Balaban J connectivity index is 1.53. The molecule has 2 fully saturated rings. The molecule has 0 radical (unpaired) electrons. The summed E-state index contributed by atoms with van der Waals surface area (Å²) in [5.74, 6) is 3.86. The monoisotopic (exact) mass is 515 g/mol. The predicted molar refractivity (Wildman–Crippen MR) is 142 cm³/mol. The Kier molecular flexibility index (Phi) is 9.35. The van der Waals surface area contributed by atoms with Crippen LogP contribution in [0.5, 0.6) is 11.5 Å². The smallest absolute Gasteiger partial charge is 0.338 e. The first kappa shape index (κ1) is 26.3. The van der Waals surface area contributed by atoms with Gasteiger partial charge in [-0.2, -0.15) is 0 Å². The number of nitrogens with zero attached hydrogens (tertiary/aromatic N) is 1. The minimum Gasteiger partial charge on any atom is -0.492 e. The first-order valence-electron chi connectivity index (χ1n) is 13.1. The second-order valence-corrected chi connectivity index (χ2v) is 12.6. The number of carbonyl (C=O) groups is 1. The SMILES string of the molecule is [C-]#[N+]C(C(=O)OCC)=C1Sc2c(OCC3CCC(C)CC3)ccc(OCC3CCC(C)CC3)c2S1. The van der Waals surface area contributed by atoms with E-state index in [0.29, 0.717) is 29.3 Å². The molecule has 0 saturated heterocycles. The van der Waals surface area contributed by atoms with Gasteiger partial charge in [0.25, 0.3) is 5.70 Å². The van der Waals surface area contributed by atoms with Crippen LogP contribution in [0.2, 0.25) is 0 Å². The molecular formula is C28H37NO4S2. The van der Waals surface area contributed by atoms with E-state index in [1.54, 1.807) is 6.92 Å². The summed E-state index contributed by atoms with van der Waals surface area (Å²) < 4.78 is 18.5. The molecule has 35 heavy (non-hydrogen) atoms. The van der Waals surface area contributed by atoms with Crippen LogP contribution in [0.15, 0.2) is 31.9 Å². The van der Waals surface area contributed by atoms with Crippen LogP contribution in [0.4, 0.5) is 0 Å². The second kappa shape index (κ2) is 12.5. The van der Waals surface area contributed by atoms with Gasteiger partial charge in [0.2, 0.25) is 0 Å². The Labute approximate surface area is 218 Å². The molecule has 0 unspecified atom stereocenters. The molecule has 1 heterocycles. The lowest BCUT2D eigenvalue weighted by atomic mass is 9.83. The second-order valence-electron chi connectivity index (χ2n) is 10.3. The van der Waals surface area contributed by atoms with Crippen LogP contribution < -0.4 is 9.47 Å². The number of fused-ring (bicyclic) bond motifs is 1. The molecule has 1 aromatic rings. The van der Waals surface area contributed by atoms with Crippen LogP contribution in [-0.2, 0) is 9.53 Å². The maximum absolute atomic E-state index is 12.4. The Morgan fingerprint density at radius 2 is 1.34 bits per heavy atom. The van der Waals surface area contributed by atoms with Gasteiger partial charge in [0.1, 0.15) is 11.5 Å². The summed E-state index contributed by atoms with van der Waals surface area (Å²) in [6.45, 7) is 15.7. The van der Waals surface area contributed by atoms with E-state index in [1.165, 1.54) is 74.9 Å². The van der Waals surface area contributed by atoms with Crippen molar-refractivity contribution < 1.29 is 19.0 Å². The Morgan fingerprint density at radius 3 is 1.74 bits per heavy atom. The van der Waals surface area contributed by atoms with Crippen LogP contribution in [0.3, 0.4) is 0 Å². The fourth-order valence-corrected chi connectivity index (χ4v) is 7.61. The molecule has 0 amide bonds. The fourth-order valence-electron chi connectivity index (χ4n) is 5.03. The van der Waals surface area contributed by atoms with Gasteiger partial charge in [-0.3, -0.25) is 4.79 Å². The highest BCUT2D eigenvalue weighted by Crippen LogP contribution is 2.59. The molecule has 7 heteroatoms. The summed E-state index contributed by atoms with van der Waals surface area (Å²) in [6, 6.07) is 4.00. The van der Waals surface area contributed by atoms with E-state index in [0.717, 1.165) is 33.1 Å². The molecule has 0 spiro atoms. The first-order chi connectivity index (χ1) is 17.0. The molecule has 4 rings (SSSR count). The number of rotatable bonds is 8.